The fraction of sp³-hybridized carbons (Fsp3) is 0.125. The molecule has 0 heterocycles. The molecule has 7 heteroatoms. The largest absolute Gasteiger partial charge is 0.465 e. The molecule has 4 nitrogen and oxygen atoms in total. The van der Waals surface area contributed by atoms with E-state index in [0.717, 1.165) is 0 Å². The minimum atomic E-state index is -0.450. The van der Waals surface area contributed by atoms with Crippen LogP contribution in [0.2, 0.25) is 10.0 Å². The number of thioether (sulfide) groups is 1. The van der Waals surface area contributed by atoms with Crippen LogP contribution < -0.4 is 4.74 Å². The highest BCUT2D eigenvalue weighted by Gasteiger charge is 2.10. The van der Waals surface area contributed by atoms with Gasteiger partial charge in [-0.2, -0.15) is 0 Å². The van der Waals surface area contributed by atoms with Crippen LogP contribution in [0.25, 0.3) is 0 Å². The fourth-order valence-electron chi connectivity index (χ4n) is 1.66. The first-order chi connectivity index (χ1) is 11.0. The molecule has 0 fully saturated rings. The van der Waals surface area contributed by atoms with Crippen LogP contribution in [0.15, 0.2) is 47.4 Å². The maximum absolute atomic E-state index is 11.8. The third-order valence-corrected chi connectivity index (χ3v) is 4.45. The van der Waals surface area contributed by atoms with Crippen molar-refractivity contribution in [3.63, 3.8) is 0 Å². The lowest BCUT2D eigenvalue weighted by atomic mass is 10.2. The molecule has 0 amide bonds. The zero-order valence-electron chi connectivity index (χ0n) is 12.0. The summed E-state index contributed by atoms with van der Waals surface area (Å²) in [5.41, 5.74) is 0.382. The summed E-state index contributed by atoms with van der Waals surface area (Å²) in [6.45, 7) is 0. The molecular formula is C16H12Cl2O4S. The third kappa shape index (κ3) is 5.16. The molecule has 23 heavy (non-hydrogen) atoms. The van der Waals surface area contributed by atoms with Gasteiger partial charge < -0.3 is 9.47 Å². The summed E-state index contributed by atoms with van der Waals surface area (Å²) < 4.78 is 9.78. The van der Waals surface area contributed by atoms with Crippen LogP contribution in [0.4, 0.5) is 0 Å². The Kier molecular flexibility index (Phi) is 6.33. The zero-order chi connectivity index (χ0) is 16.8. The van der Waals surface area contributed by atoms with E-state index in [4.69, 9.17) is 27.9 Å². The summed E-state index contributed by atoms with van der Waals surface area (Å²) in [5.74, 6) is -0.454. The quantitative estimate of drug-likeness (QED) is 0.441. The number of esters is 2. The molecule has 0 spiro atoms. The molecule has 120 valence electrons. The standard InChI is InChI=1S/C16H12Cl2O4S/c1-21-16(20)10-2-5-12(6-3-10)22-15(19)9-23-14-8-11(17)4-7-13(14)18/h2-8H,9H2,1H3. The molecule has 0 saturated heterocycles. The number of hydrogen-bond donors (Lipinski definition) is 0. The lowest BCUT2D eigenvalue weighted by Crippen LogP contribution is -2.11. The molecule has 2 aromatic carbocycles. The molecule has 0 radical (unpaired) electrons. The Morgan fingerprint density at radius 3 is 2.43 bits per heavy atom. The molecule has 0 unspecified atom stereocenters. The van der Waals surface area contributed by atoms with Gasteiger partial charge in [0, 0.05) is 9.92 Å². The molecule has 0 atom stereocenters. The number of hydrogen-bond acceptors (Lipinski definition) is 5. The van der Waals surface area contributed by atoms with Gasteiger partial charge in [0.2, 0.25) is 0 Å². The fourth-order valence-corrected chi connectivity index (χ4v) is 2.93. The van der Waals surface area contributed by atoms with Crippen molar-refractivity contribution < 1.29 is 19.1 Å². The van der Waals surface area contributed by atoms with E-state index >= 15 is 0 Å². The lowest BCUT2D eigenvalue weighted by Gasteiger charge is -2.06. The molecule has 2 aromatic rings. The van der Waals surface area contributed by atoms with Crippen molar-refractivity contribution >= 4 is 46.9 Å². The molecule has 0 aliphatic rings. The van der Waals surface area contributed by atoms with Crippen molar-refractivity contribution in [1.29, 1.82) is 0 Å². The van der Waals surface area contributed by atoms with Crippen LogP contribution >= 0.6 is 35.0 Å². The summed E-state index contributed by atoms with van der Waals surface area (Å²) >= 11 is 13.1. The van der Waals surface area contributed by atoms with Crippen LogP contribution in [0.5, 0.6) is 5.75 Å². The summed E-state index contributed by atoms with van der Waals surface area (Å²) in [7, 11) is 1.30. The highest BCUT2D eigenvalue weighted by Crippen LogP contribution is 2.30. The number of halogens is 2. The van der Waals surface area contributed by atoms with Gasteiger partial charge in [-0.1, -0.05) is 23.2 Å². The second-order valence-electron chi connectivity index (χ2n) is 4.35. The molecule has 0 aliphatic carbocycles. The first-order valence-electron chi connectivity index (χ1n) is 6.46. The molecule has 0 saturated carbocycles. The number of methoxy groups -OCH3 is 1. The molecule has 0 aliphatic heterocycles. The van der Waals surface area contributed by atoms with Crippen LogP contribution in [0, 0.1) is 0 Å². The number of ether oxygens (including phenoxy) is 2. The van der Waals surface area contributed by atoms with Gasteiger partial charge in [-0.25, -0.2) is 4.79 Å². The topological polar surface area (TPSA) is 52.6 Å². The van der Waals surface area contributed by atoms with E-state index in [2.05, 4.69) is 4.74 Å². The molecule has 0 aromatic heterocycles. The zero-order valence-corrected chi connectivity index (χ0v) is 14.4. The van der Waals surface area contributed by atoms with Gasteiger partial charge in [-0.05, 0) is 42.5 Å². The third-order valence-electron chi connectivity index (χ3n) is 2.75. The lowest BCUT2D eigenvalue weighted by molar-refractivity contribution is -0.131. The minimum Gasteiger partial charge on any atom is -0.465 e. The molecular weight excluding hydrogens is 359 g/mol. The van der Waals surface area contributed by atoms with Crippen LogP contribution in [0.1, 0.15) is 10.4 Å². The van der Waals surface area contributed by atoms with Crippen LogP contribution in [0.3, 0.4) is 0 Å². The van der Waals surface area contributed by atoms with E-state index in [1.165, 1.54) is 43.1 Å². The van der Waals surface area contributed by atoms with Gasteiger partial charge >= 0.3 is 11.9 Å². The van der Waals surface area contributed by atoms with Crippen molar-refractivity contribution in [3.05, 3.63) is 58.1 Å². The van der Waals surface area contributed by atoms with Gasteiger partial charge in [-0.15, -0.1) is 11.8 Å². The van der Waals surface area contributed by atoms with E-state index in [1.807, 2.05) is 0 Å². The SMILES string of the molecule is COC(=O)c1ccc(OC(=O)CSc2cc(Cl)ccc2Cl)cc1. The van der Waals surface area contributed by atoms with Crippen LogP contribution in [-0.2, 0) is 9.53 Å². The summed E-state index contributed by atoms with van der Waals surface area (Å²) in [6.07, 6.45) is 0. The van der Waals surface area contributed by atoms with Crippen LogP contribution in [-0.4, -0.2) is 24.8 Å². The van der Waals surface area contributed by atoms with Crippen molar-refractivity contribution in [2.45, 2.75) is 4.90 Å². The van der Waals surface area contributed by atoms with E-state index in [0.29, 0.717) is 26.3 Å². The predicted octanol–water partition coefficient (Wildman–Crippen LogP) is 4.48. The van der Waals surface area contributed by atoms with Gasteiger partial charge in [0.05, 0.1) is 23.4 Å². The normalized spacial score (nSPS) is 10.2. The van der Waals surface area contributed by atoms with Gasteiger partial charge in [0.1, 0.15) is 5.75 Å². The van der Waals surface area contributed by atoms with Gasteiger partial charge in [0.25, 0.3) is 0 Å². The van der Waals surface area contributed by atoms with E-state index < -0.39 is 11.9 Å². The Bertz CT molecular complexity index is 717. The minimum absolute atomic E-state index is 0.0822. The average Bonchev–Trinajstić information content (AvgIpc) is 2.55. The van der Waals surface area contributed by atoms with E-state index in [1.54, 1.807) is 18.2 Å². The summed E-state index contributed by atoms with van der Waals surface area (Å²) in [6, 6.07) is 11.1. The van der Waals surface area contributed by atoms with E-state index in [-0.39, 0.29) is 5.75 Å². The van der Waals surface area contributed by atoms with Gasteiger partial charge in [-0.3, -0.25) is 4.79 Å². The summed E-state index contributed by atoms with van der Waals surface area (Å²) in [5, 5.41) is 1.07. The van der Waals surface area contributed by atoms with E-state index in [9.17, 15) is 9.59 Å². The smallest absolute Gasteiger partial charge is 0.337 e. The second-order valence-corrected chi connectivity index (χ2v) is 6.21. The Labute approximate surface area is 147 Å². The monoisotopic (exact) mass is 370 g/mol. The summed E-state index contributed by atoms with van der Waals surface area (Å²) in [4.78, 5) is 23.9. The molecule has 2 rings (SSSR count). The molecule has 0 bridgehead atoms. The Balaban J connectivity index is 1.92. The number of carbonyl (C=O) groups excluding carboxylic acids is 2. The van der Waals surface area contributed by atoms with Crippen molar-refractivity contribution in [2.24, 2.45) is 0 Å². The Morgan fingerprint density at radius 1 is 1.09 bits per heavy atom. The predicted molar refractivity (Wildman–Crippen MR) is 90.6 cm³/mol. The maximum Gasteiger partial charge on any atom is 0.337 e. The average molecular weight is 371 g/mol. The van der Waals surface area contributed by atoms with Crippen molar-refractivity contribution in [3.8, 4) is 5.75 Å². The first kappa shape index (κ1) is 17.7. The Morgan fingerprint density at radius 2 is 1.78 bits per heavy atom. The molecule has 0 N–H and O–H groups in total. The first-order valence-corrected chi connectivity index (χ1v) is 8.20. The second kappa shape index (κ2) is 8.24. The highest BCUT2D eigenvalue weighted by molar-refractivity contribution is 8.00. The number of rotatable bonds is 5. The Hall–Kier alpha value is -1.69. The highest BCUT2D eigenvalue weighted by atomic mass is 35.5. The van der Waals surface area contributed by atoms with Gasteiger partial charge in [0.15, 0.2) is 0 Å². The number of benzene rings is 2. The van der Waals surface area contributed by atoms with Crippen molar-refractivity contribution in [2.75, 3.05) is 12.9 Å². The number of carbonyl (C=O) groups is 2. The maximum atomic E-state index is 11.8. The van der Waals surface area contributed by atoms with Crippen molar-refractivity contribution in [1.82, 2.24) is 0 Å².